The zero-order valence-electron chi connectivity index (χ0n) is 17.6. The van der Waals surface area contributed by atoms with Crippen LogP contribution in [0.3, 0.4) is 0 Å². The van der Waals surface area contributed by atoms with Crippen LogP contribution in [0.25, 0.3) is 0 Å². The number of aryl methyl sites for hydroxylation is 1. The van der Waals surface area contributed by atoms with E-state index in [9.17, 15) is 9.59 Å². The van der Waals surface area contributed by atoms with Crippen LogP contribution in [0.2, 0.25) is 10.0 Å². The van der Waals surface area contributed by atoms with E-state index < -0.39 is 0 Å². The van der Waals surface area contributed by atoms with Gasteiger partial charge in [0, 0.05) is 44.4 Å². The Kier molecular flexibility index (Phi) is 5.53. The summed E-state index contributed by atoms with van der Waals surface area (Å²) in [5.41, 5.74) is 1.57. The second-order valence-electron chi connectivity index (χ2n) is 7.69. The summed E-state index contributed by atoms with van der Waals surface area (Å²) in [6, 6.07) is 6.50. The highest BCUT2D eigenvalue weighted by Gasteiger charge is 2.32. The Balaban J connectivity index is 1.72. The Morgan fingerprint density at radius 2 is 1.94 bits per heavy atom. The molecule has 0 aliphatic carbocycles. The highest BCUT2D eigenvalue weighted by molar-refractivity contribution is 6.42. The van der Waals surface area contributed by atoms with E-state index in [1.54, 1.807) is 45.9 Å². The average molecular weight is 461 g/mol. The topological polar surface area (TPSA) is 76.3 Å². The molecule has 1 aromatic carbocycles. The molecule has 3 heterocycles. The van der Waals surface area contributed by atoms with E-state index in [0.29, 0.717) is 39.2 Å². The molecule has 4 rings (SSSR count). The molecule has 0 saturated carbocycles. The molecule has 2 aromatic heterocycles. The largest absolute Gasteiger partial charge is 0.330 e. The van der Waals surface area contributed by atoms with Crippen LogP contribution in [-0.2, 0) is 27.1 Å². The molecular weight excluding hydrogens is 439 g/mol. The Bertz CT molecular complexity index is 1240. The van der Waals surface area contributed by atoms with Crippen molar-refractivity contribution in [2.24, 2.45) is 14.1 Å². The molecular formula is C21H22Cl2N6O2. The number of nitrogens with zero attached hydrogens (tertiary/aromatic N) is 6. The molecule has 10 heteroatoms. The maximum absolute atomic E-state index is 13.2. The van der Waals surface area contributed by atoms with E-state index in [4.69, 9.17) is 28.2 Å². The van der Waals surface area contributed by atoms with Crippen molar-refractivity contribution in [2.45, 2.75) is 25.9 Å². The summed E-state index contributed by atoms with van der Waals surface area (Å²) in [6.07, 6.45) is 2.11. The third-order valence-electron chi connectivity index (χ3n) is 5.66. The normalized spacial score (nSPS) is 15.7. The first-order chi connectivity index (χ1) is 14.7. The highest BCUT2D eigenvalue weighted by Crippen LogP contribution is 2.28. The van der Waals surface area contributed by atoms with E-state index in [0.717, 1.165) is 5.82 Å². The van der Waals surface area contributed by atoms with Crippen LogP contribution in [0, 0.1) is 0 Å². The number of halogens is 2. The van der Waals surface area contributed by atoms with E-state index >= 15 is 0 Å². The quantitative estimate of drug-likeness (QED) is 0.599. The molecule has 0 fully saturated rings. The lowest BCUT2D eigenvalue weighted by Gasteiger charge is -2.35. The molecule has 8 nitrogen and oxygen atoms in total. The van der Waals surface area contributed by atoms with Crippen LogP contribution in [-0.4, -0.2) is 43.2 Å². The molecule has 3 aromatic rings. The Labute approximate surface area is 189 Å². The van der Waals surface area contributed by atoms with Gasteiger partial charge in [-0.05, 0) is 31.5 Å². The second-order valence-corrected chi connectivity index (χ2v) is 8.50. The lowest BCUT2D eigenvalue weighted by molar-refractivity contribution is 0.0653. The summed E-state index contributed by atoms with van der Waals surface area (Å²) in [5.74, 6) is 1.08. The fourth-order valence-corrected chi connectivity index (χ4v) is 4.20. The van der Waals surface area contributed by atoms with Gasteiger partial charge in [0.2, 0.25) is 5.95 Å². The molecule has 1 amide bonds. The molecule has 1 atom stereocenters. The molecule has 1 aliphatic heterocycles. The molecule has 0 unspecified atom stereocenters. The number of carbonyl (C=O) groups excluding carboxylic acids is 1. The van der Waals surface area contributed by atoms with E-state index in [1.165, 1.54) is 4.57 Å². The van der Waals surface area contributed by atoms with Crippen molar-refractivity contribution >= 4 is 40.9 Å². The second kappa shape index (κ2) is 8.01. The van der Waals surface area contributed by atoms with Gasteiger partial charge in [-0.15, -0.1) is 0 Å². The molecule has 1 aliphatic rings. The van der Waals surface area contributed by atoms with Crippen LogP contribution in [0.5, 0.6) is 0 Å². The van der Waals surface area contributed by atoms with Crippen molar-refractivity contribution in [2.75, 3.05) is 11.9 Å². The smallest absolute Gasteiger partial charge is 0.258 e. The number of hydrogen-bond donors (Lipinski definition) is 0. The number of rotatable bonds is 3. The summed E-state index contributed by atoms with van der Waals surface area (Å²) in [4.78, 5) is 34.6. The standard InChI is InChI=1S/C21H22Cl2N6O2/c1-12-9-14-17(11-29(12)19(30)13-5-6-15(22)16(23)10-13)25-21(27(3)20(14)31)26(2)18-7-8-24-28(18)4/h5-8,10,12H,9,11H2,1-4H3/t12-/m1/s1. The van der Waals surface area contributed by atoms with Crippen LogP contribution in [0.1, 0.15) is 28.5 Å². The third kappa shape index (κ3) is 3.70. The summed E-state index contributed by atoms with van der Waals surface area (Å²) in [6.45, 7) is 2.16. The molecule has 162 valence electrons. The van der Waals surface area contributed by atoms with Gasteiger partial charge in [0.1, 0.15) is 5.82 Å². The summed E-state index contributed by atoms with van der Waals surface area (Å²) in [7, 11) is 5.35. The van der Waals surface area contributed by atoms with Crippen LogP contribution >= 0.6 is 23.2 Å². The Morgan fingerprint density at radius 1 is 1.19 bits per heavy atom. The van der Waals surface area contributed by atoms with Gasteiger partial charge in [-0.25, -0.2) is 4.98 Å². The first-order valence-electron chi connectivity index (χ1n) is 9.75. The monoisotopic (exact) mass is 460 g/mol. The number of fused-ring (bicyclic) bond motifs is 1. The summed E-state index contributed by atoms with van der Waals surface area (Å²) in [5, 5.41) is 4.90. The number of hydrogen-bond acceptors (Lipinski definition) is 5. The van der Waals surface area contributed by atoms with E-state index in [-0.39, 0.29) is 24.1 Å². The van der Waals surface area contributed by atoms with Crippen molar-refractivity contribution in [3.63, 3.8) is 0 Å². The van der Waals surface area contributed by atoms with Gasteiger partial charge in [-0.3, -0.25) is 23.7 Å². The predicted molar refractivity (Wildman–Crippen MR) is 120 cm³/mol. The number of aromatic nitrogens is 4. The minimum absolute atomic E-state index is 0.109. The zero-order valence-corrected chi connectivity index (χ0v) is 19.1. The van der Waals surface area contributed by atoms with E-state index in [1.807, 2.05) is 27.1 Å². The van der Waals surface area contributed by atoms with Crippen LogP contribution in [0.4, 0.5) is 11.8 Å². The Morgan fingerprint density at radius 3 is 2.58 bits per heavy atom. The fraction of sp³-hybridized carbons (Fsp3) is 0.333. The molecule has 0 radical (unpaired) electrons. The summed E-state index contributed by atoms with van der Waals surface area (Å²) >= 11 is 12.1. The number of carbonyl (C=O) groups is 1. The van der Waals surface area contributed by atoms with Crippen molar-refractivity contribution in [3.8, 4) is 0 Å². The first kappa shape index (κ1) is 21.4. The Hall–Kier alpha value is -2.84. The van der Waals surface area contributed by atoms with Gasteiger partial charge in [0.25, 0.3) is 11.5 Å². The number of anilines is 2. The zero-order chi connectivity index (χ0) is 22.4. The molecule has 0 bridgehead atoms. The first-order valence-corrected chi connectivity index (χ1v) is 10.5. The van der Waals surface area contributed by atoms with Crippen LogP contribution < -0.4 is 10.5 Å². The van der Waals surface area contributed by atoms with Gasteiger partial charge in [0.05, 0.1) is 28.5 Å². The third-order valence-corrected chi connectivity index (χ3v) is 6.40. The van der Waals surface area contributed by atoms with Gasteiger partial charge >= 0.3 is 0 Å². The lowest BCUT2D eigenvalue weighted by atomic mass is 9.98. The number of amides is 1. The van der Waals surface area contributed by atoms with Crippen molar-refractivity contribution in [3.05, 3.63) is 67.7 Å². The highest BCUT2D eigenvalue weighted by atomic mass is 35.5. The predicted octanol–water partition coefficient (Wildman–Crippen LogP) is 3.18. The maximum Gasteiger partial charge on any atom is 0.258 e. The minimum atomic E-state index is -0.180. The van der Waals surface area contributed by atoms with Crippen molar-refractivity contribution < 1.29 is 4.79 Å². The number of benzene rings is 1. The van der Waals surface area contributed by atoms with Crippen molar-refractivity contribution in [1.82, 2.24) is 24.2 Å². The van der Waals surface area contributed by atoms with E-state index in [2.05, 4.69) is 5.10 Å². The molecule has 31 heavy (non-hydrogen) atoms. The maximum atomic E-state index is 13.2. The minimum Gasteiger partial charge on any atom is -0.330 e. The lowest BCUT2D eigenvalue weighted by Crippen LogP contribution is -2.46. The summed E-state index contributed by atoms with van der Waals surface area (Å²) < 4.78 is 3.24. The van der Waals surface area contributed by atoms with Gasteiger partial charge in [-0.2, -0.15) is 5.10 Å². The molecule has 0 saturated heterocycles. The molecule has 0 N–H and O–H groups in total. The SMILES string of the molecule is C[C@@H]1Cc2c(nc(N(C)c3ccnn3C)n(C)c2=O)CN1C(=O)c1ccc(Cl)c(Cl)c1. The van der Waals surface area contributed by atoms with Gasteiger partial charge < -0.3 is 4.90 Å². The van der Waals surface area contributed by atoms with Crippen molar-refractivity contribution in [1.29, 1.82) is 0 Å². The molecule has 0 spiro atoms. The fourth-order valence-electron chi connectivity index (χ4n) is 3.90. The van der Waals surface area contributed by atoms with Gasteiger partial charge in [-0.1, -0.05) is 23.2 Å². The van der Waals surface area contributed by atoms with Crippen LogP contribution in [0.15, 0.2) is 35.3 Å². The average Bonchev–Trinajstić information content (AvgIpc) is 3.17. The van der Waals surface area contributed by atoms with Gasteiger partial charge in [0.15, 0.2) is 0 Å².